The maximum atomic E-state index is 13.7. The van der Waals surface area contributed by atoms with Crippen LogP contribution in [0.3, 0.4) is 0 Å². The molecule has 270 valence electrons. The number of nitrogens with two attached hydrogens (primary N) is 3. The fraction of sp³-hybridized carbons (Fsp3) is 0.514. The van der Waals surface area contributed by atoms with E-state index in [2.05, 4.69) is 16.0 Å². The molecule has 2 aromatic rings. The summed E-state index contributed by atoms with van der Waals surface area (Å²) in [6.45, 7) is 4.91. The summed E-state index contributed by atoms with van der Waals surface area (Å²) in [5.74, 6) is -2.18. The highest BCUT2D eigenvalue weighted by molar-refractivity contribution is 5.95. The van der Waals surface area contributed by atoms with E-state index in [0.717, 1.165) is 5.56 Å². The van der Waals surface area contributed by atoms with E-state index in [1.54, 1.807) is 17.0 Å². The molecule has 0 bridgehead atoms. The summed E-state index contributed by atoms with van der Waals surface area (Å²) >= 11 is 0. The van der Waals surface area contributed by atoms with Crippen LogP contribution in [-0.4, -0.2) is 89.4 Å². The quantitative estimate of drug-likeness (QED) is 0.0930. The first-order valence-electron chi connectivity index (χ1n) is 16.6. The highest BCUT2D eigenvalue weighted by Gasteiger charge is 2.37. The third kappa shape index (κ3) is 14.3. The van der Waals surface area contributed by atoms with Crippen molar-refractivity contribution in [1.29, 1.82) is 0 Å². The van der Waals surface area contributed by atoms with Gasteiger partial charge in [-0.15, -0.1) is 0 Å². The molecular formula is C35H52FN7O6. The third-order valence-electron chi connectivity index (χ3n) is 8.21. The third-order valence-corrected chi connectivity index (χ3v) is 8.21. The van der Waals surface area contributed by atoms with E-state index in [1.807, 2.05) is 44.2 Å². The molecule has 0 saturated carbocycles. The Balaban J connectivity index is 0.00000267. The minimum absolute atomic E-state index is 0.145. The molecule has 1 heterocycles. The number of likely N-dealkylation sites (tertiary alicyclic amines) is 1. The number of benzene rings is 2. The molecule has 0 spiro atoms. The van der Waals surface area contributed by atoms with Crippen molar-refractivity contribution in [2.24, 2.45) is 17.2 Å². The van der Waals surface area contributed by atoms with Crippen molar-refractivity contribution in [2.75, 3.05) is 19.6 Å². The molecule has 5 atom stereocenters. The number of nitrogens with zero attached hydrogens (tertiary/aromatic N) is 1. The molecule has 0 radical (unpaired) electrons. The van der Waals surface area contributed by atoms with Crippen molar-refractivity contribution in [3.05, 3.63) is 71.5 Å². The molecule has 4 amide bonds. The number of carbonyl (C=O) groups is 5. The number of hydrogen-bond donors (Lipinski definition) is 7. The number of amides is 4. The average molecular weight is 686 g/mol. The highest BCUT2D eigenvalue weighted by Crippen LogP contribution is 2.20. The highest BCUT2D eigenvalue weighted by atomic mass is 19.1. The summed E-state index contributed by atoms with van der Waals surface area (Å²) < 4.78 is 13.3. The number of carboxylic acid groups (broad SMARTS) is 1. The van der Waals surface area contributed by atoms with Crippen molar-refractivity contribution in [3.8, 4) is 0 Å². The first-order chi connectivity index (χ1) is 23.3. The van der Waals surface area contributed by atoms with Gasteiger partial charge < -0.3 is 43.2 Å². The van der Waals surface area contributed by atoms with E-state index < -0.39 is 53.2 Å². The Kier molecular flexibility index (Phi) is 17.4. The molecule has 2 aromatic carbocycles. The summed E-state index contributed by atoms with van der Waals surface area (Å²) in [7, 11) is 0. The zero-order chi connectivity index (χ0) is 36.4. The average Bonchev–Trinajstić information content (AvgIpc) is 3.44. The van der Waals surface area contributed by atoms with Gasteiger partial charge in [0.1, 0.15) is 23.9 Å². The van der Waals surface area contributed by atoms with Gasteiger partial charge in [-0.1, -0.05) is 55.8 Å². The van der Waals surface area contributed by atoms with Gasteiger partial charge in [0.2, 0.25) is 23.6 Å². The summed E-state index contributed by atoms with van der Waals surface area (Å²) in [6, 6.07) is 11.1. The predicted molar refractivity (Wildman–Crippen MR) is 184 cm³/mol. The fourth-order valence-corrected chi connectivity index (χ4v) is 5.55. The summed E-state index contributed by atoms with van der Waals surface area (Å²) in [5, 5.41) is 15.4. The normalized spacial score (nSPS) is 17.8. The molecule has 1 aliphatic heterocycles. The SMILES string of the molecule is CCCC(NC(=O)[C@@H](Cc1ccccc1)NC(=O)C(N)Cc1ccc(F)cc1)C(=O)N[C@H](CCCCN)C(=O)N1CCC(C)(N)C1.O=CO. The van der Waals surface area contributed by atoms with Crippen LogP contribution in [0, 0.1) is 5.82 Å². The van der Waals surface area contributed by atoms with Gasteiger partial charge in [0.05, 0.1) is 6.04 Å². The van der Waals surface area contributed by atoms with Crippen LogP contribution in [0.15, 0.2) is 54.6 Å². The second-order valence-electron chi connectivity index (χ2n) is 12.7. The zero-order valence-electron chi connectivity index (χ0n) is 28.4. The van der Waals surface area contributed by atoms with E-state index >= 15 is 0 Å². The lowest BCUT2D eigenvalue weighted by Gasteiger charge is -2.28. The number of carbonyl (C=O) groups excluding carboxylic acids is 4. The smallest absolute Gasteiger partial charge is 0.290 e. The lowest BCUT2D eigenvalue weighted by Crippen LogP contribution is -2.58. The lowest BCUT2D eigenvalue weighted by molar-refractivity contribution is -0.137. The van der Waals surface area contributed by atoms with Gasteiger partial charge in [0, 0.05) is 25.0 Å². The molecule has 0 aromatic heterocycles. The summed E-state index contributed by atoms with van der Waals surface area (Å²) in [6.07, 6.45) is 3.64. The molecule has 3 unspecified atom stereocenters. The van der Waals surface area contributed by atoms with Crippen LogP contribution in [0.4, 0.5) is 4.39 Å². The van der Waals surface area contributed by atoms with Gasteiger partial charge in [0.25, 0.3) is 6.47 Å². The number of nitrogens with one attached hydrogen (secondary N) is 3. The van der Waals surface area contributed by atoms with Crippen LogP contribution >= 0.6 is 0 Å². The zero-order valence-corrected chi connectivity index (χ0v) is 28.4. The van der Waals surface area contributed by atoms with Gasteiger partial charge in [-0.2, -0.15) is 0 Å². The van der Waals surface area contributed by atoms with Crippen molar-refractivity contribution in [1.82, 2.24) is 20.9 Å². The standard InChI is InChI=1S/C34H50FN7O4.CH2O2/c1-3-9-27(31(44)40-28(12-7-8-18-36)33(46)42-19-17-34(2,38)22-42)39-32(45)29(21-23-10-5-4-6-11-23)41-30(43)26(37)20-24-13-15-25(35)16-14-24;2-1-3/h4-6,10-11,13-16,26-29H,3,7-9,12,17-22,36-38H2,1-2H3,(H,39,45)(H,40,44)(H,41,43);1H,(H,2,3)/t26?,27?,28-,29-,34?;/m1./s1. The van der Waals surface area contributed by atoms with Crippen molar-refractivity contribution in [2.45, 2.75) is 94.9 Å². The van der Waals surface area contributed by atoms with Gasteiger partial charge in [-0.3, -0.25) is 24.0 Å². The molecule has 0 aliphatic carbocycles. The largest absolute Gasteiger partial charge is 0.483 e. The van der Waals surface area contributed by atoms with Crippen LogP contribution in [0.1, 0.15) is 63.5 Å². The van der Waals surface area contributed by atoms with E-state index in [1.165, 1.54) is 12.1 Å². The minimum atomic E-state index is -1.03. The molecule has 10 N–H and O–H groups in total. The number of hydrogen-bond acceptors (Lipinski definition) is 8. The Morgan fingerprint density at radius 3 is 2.04 bits per heavy atom. The Morgan fingerprint density at radius 2 is 1.47 bits per heavy atom. The van der Waals surface area contributed by atoms with E-state index in [9.17, 15) is 23.6 Å². The number of halogens is 1. The van der Waals surface area contributed by atoms with Crippen LogP contribution in [-0.2, 0) is 36.8 Å². The van der Waals surface area contributed by atoms with Crippen molar-refractivity contribution in [3.63, 3.8) is 0 Å². The molecule has 1 aliphatic rings. The van der Waals surface area contributed by atoms with Gasteiger partial charge in [-0.05, 0) is 75.3 Å². The molecule has 3 rings (SSSR count). The molecule has 13 nitrogen and oxygen atoms in total. The van der Waals surface area contributed by atoms with Gasteiger partial charge in [0.15, 0.2) is 0 Å². The molecule has 1 fully saturated rings. The van der Waals surface area contributed by atoms with Crippen molar-refractivity contribution >= 4 is 30.1 Å². The topological polar surface area (TPSA) is 223 Å². The maximum Gasteiger partial charge on any atom is 0.290 e. The second kappa shape index (κ2) is 20.9. The monoisotopic (exact) mass is 685 g/mol. The minimum Gasteiger partial charge on any atom is -0.483 e. The van der Waals surface area contributed by atoms with Crippen LogP contribution in [0.2, 0.25) is 0 Å². The first kappa shape index (κ1) is 40.8. The van der Waals surface area contributed by atoms with Crippen LogP contribution in [0.25, 0.3) is 0 Å². The van der Waals surface area contributed by atoms with Crippen LogP contribution < -0.4 is 33.2 Å². The molecular weight excluding hydrogens is 633 g/mol. The molecule has 14 heteroatoms. The predicted octanol–water partition coefficient (Wildman–Crippen LogP) is 0.972. The second-order valence-corrected chi connectivity index (χ2v) is 12.7. The Labute approximate surface area is 287 Å². The Bertz CT molecular complexity index is 1350. The molecule has 49 heavy (non-hydrogen) atoms. The van der Waals surface area contributed by atoms with E-state index in [-0.39, 0.29) is 25.2 Å². The fourth-order valence-electron chi connectivity index (χ4n) is 5.55. The number of unbranched alkanes of at least 4 members (excludes halogenated alkanes) is 1. The Morgan fingerprint density at radius 1 is 0.898 bits per heavy atom. The Hall–Kier alpha value is -4.40. The molecule has 1 saturated heterocycles. The van der Waals surface area contributed by atoms with Gasteiger partial charge >= 0.3 is 0 Å². The van der Waals surface area contributed by atoms with Crippen LogP contribution in [0.5, 0.6) is 0 Å². The van der Waals surface area contributed by atoms with E-state index in [0.29, 0.717) is 63.7 Å². The first-order valence-corrected chi connectivity index (χ1v) is 16.6. The lowest BCUT2D eigenvalue weighted by atomic mass is 10.0. The van der Waals surface area contributed by atoms with E-state index in [4.69, 9.17) is 27.1 Å². The van der Waals surface area contributed by atoms with Gasteiger partial charge in [-0.25, -0.2) is 4.39 Å². The summed E-state index contributed by atoms with van der Waals surface area (Å²) in [4.78, 5) is 64.0. The maximum absolute atomic E-state index is 13.7. The number of rotatable bonds is 17. The van der Waals surface area contributed by atoms with Crippen molar-refractivity contribution < 1.29 is 33.5 Å². The summed E-state index contributed by atoms with van der Waals surface area (Å²) in [5.41, 5.74) is 19.1.